The summed E-state index contributed by atoms with van der Waals surface area (Å²) in [5, 5.41) is 0. The molecule has 6 nitrogen and oxygen atoms in total. The van der Waals surface area contributed by atoms with Gasteiger partial charge in [0.05, 0.1) is 39.0 Å². The standard InChI is InChI=1S/C29H34N2O4/c1-20(2)22-12-6-9-15-25(22)35-17-11-10-16-31-24-14-8-7-13-23(24)30-29(31)21-18-26(32-3)28(34-5)27(19-21)33-4/h6-9,12-15,18-20H,10-11,16-17H2,1-5H3. The third-order valence-electron chi connectivity index (χ3n) is 6.15. The van der Waals surface area contributed by atoms with E-state index in [0.717, 1.165) is 47.6 Å². The van der Waals surface area contributed by atoms with Gasteiger partial charge in [0.1, 0.15) is 11.6 Å². The van der Waals surface area contributed by atoms with Gasteiger partial charge in [-0.2, -0.15) is 0 Å². The molecule has 1 aromatic heterocycles. The first-order chi connectivity index (χ1) is 17.1. The molecule has 0 spiro atoms. The molecule has 4 rings (SSSR count). The van der Waals surface area contributed by atoms with Gasteiger partial charge in [-0.25, -0.2) is 4.98 Å². The lowest BCUT2D eigenvalue weighted by Crippen LogP contribution is -2.05. The van der Waals surface area contributed by atoms with Crippen LogP contribution in [0.3, 0.4) is 0 Å². The molecule has 0 fully saturated rings. The van der Waals surface area contributed by atoms with Crippen LogP contribution < -0.4 is 18.9 Å². The minimum Gasteiger partial charge on any atom is -0.493 e. The molecule has 0 radical (unpaired) electrons. The van der Waals surface area contributed by atoms with Crippen LogP contribution in [0.2, 0.25) is 0 Å². The van der Waals surface area contributed by atoms with Crippen molar-refractivity contribution >= 4 is 11.0 Å². The van der Waals surface area contributed by atoms with Crippen molar-refractivity contribution in [3.05, 3.63) is 66.2 Å². The zero-order chi connectivity index (χ0) is 24.8. The SMILES string of the molecule is COc1cc(-c2nc3ccccc3n2CCCCOc2ccccc2C(C)C)cc(OC)c1OC. The molecule has 4 aromatic rings. The molecule has 0 unspecified atom stereocenters. The Balaban J connectivity index is 1.55. The number of methoxy groups -OCH3 is 3. The van der Waals surface area contributed by atoms with E-state index in [4.69, 9.17) is 23.9 Å². The first-order valence-electron chi connectivity index (χ1n) is 12.0. The van der Waals surface area contributed by atoms with Gasteiger partial charge in [-0.05, 0) is 54.7 Å². The Bertz CT molecular complexity index is 1250. The molecule has 1 heterocycles. The maximum atomic E-state index is 6.13. The zero-order valence-electron chi connectivity index (χ0n) is 21.2. The van der Waals surface area contributed by atoms with Gasteiger partial charge in [-0.1, -0.05) is 44.2 Å². The van der Waals surface area contributed by atoms with Gasteiger partial charge in [0.25, 0.3) is 0 Å². The van der Waals surface area contributed by atoms with Crippen molar-refractivity contribution in [1.82, 2.24) is 9.55 Å². The molecule has 0 N–H and O–H groups in total. The van der Waals surface area contributed by atoms with Crippen molar-refractivity contribution in [3.8, 4) is 34.4 Å². The second-order valence-corrected chi connectivity index (χ2v) is 8.74. The Morgan fingerprint density at radius 3 is 2.17 bits per heavy atom. The molecule has 0 amide bonds. The van der Waals surface area contributed by atoms with Gasteiger partial charge in [-0.3, -0.25) is 0 Å². The Morgan fingerprint density at radius 1 is 0.800 bits per heavy atom. The minimum atomic E-state index is 0.435. The zero-order valence-corrected chi connectivity index (χ0v) is 21.2. The number of rotatable bonds is 11. The molecule has 0 saturated heterocycles. The van der Waals surface area contributed by atoms with Crippen LogP contribution in [0.1, 0.15) is 38.2 Å². The summed E-state index contributed by atoms with van der Waals surface area (Å²) in [6, 6.07) is 20.4. The molecule has 3 aromatic carbocycles. The highest BCUT2D eigenvalue weighted by molar-refractivity contribution is 5.81. The van der Waals surface area contributed by atoms with Crippen LogP contribution in [0.5, 0.6) is 23.0 Å². The van der Waals surface area contributed by atoms with Crippen LogP contribution >= 0.6 is 0 Å². The van der Waals surface area contributed by atoms with E-state index in [1.54, 1.807) is 21.3 Å². The Morgan fingerprint density at radius 2 is 1.49 bits per heavy atom. The van der Waals surface area contributed by atoms with Crippen molar-refractivity contribution in [1.29, 1.82) is 0 Å². The molecular formula is C29H34N2O4. The average Bonchev–Trinajstić information content (AvgIpc) is 3.26. The maximum Gasteiger partial charge on any atom is 0.203 e. The Labute approximate surface area is 207 Å². The highest BCUT2D eigenvalue weighted by Gasteiger charge is 2.19. The van der Waals surface area contributed by atoms with Crippen molar-refractivity contribution in [2.45, 2.75) is 39.2 Å². The smallest absolute Gasteiger partial charge is 0.203 e. The predicted octanol–water partition coefficient (Wildman–Crippen LogP) is 6.71. The highest BCUT2D eigenvalue weighted by Crippen LogP contribution is 2.41. The van der Waals surface area contributed by atoms with Crippen LogP contribution in [-0.2, 0) is 6.54 Å². The highest BCUT2D eigenvalue weighted by atomic mass is 16.5. The lowest BCUT2D eigenvalue weighted by atomic mass is 10.0. The van der Waals surface area contributed by atoms with Gasteiger partial charge in [0.2, 0.25) is 5.75 Å². The van der Waals surface area contributed by atoms with E-state index in [-0.39, 0.29) is 0 Å². The quantitative estimate of drug-likeness (QED) is 0.226. The Hall–Kier alpha value is -3.67. The number of ether oxygens (including phenoxy) is 4. The van der Waals surface area contributed by atoms with Crippen molar-refractivity contribution in [2.24, 2.45) is 0 Å². The fourth-order valence-corrected chi connectivity index (χ4v) is 4.38. The van der Waals surface area contributed by atoms with E-state index in [2.05, 4.69) is 42.7 Å². The summed E-state index contributed by atoms with van der Waals surface area (Å²) in [5.41, 5.74) is 4.22. The van der Waals surface area contributed by atoms with Crippen molar-refractivity contribution in [2.75, 3.05) is 27.9 Å². The number of benzene rings is 3. The topological polar surface area (TPSA) is 54.7 Å². The number of imidazole rings is 1. The summed E-state index contributed by atoms with van der Waals surface area (Å²) in [6.45, 7) is 5.88. The molecule has 0 bridgehead atoms. The maximum absolute atomic E-state index is 6.13. The molecule has 6 heteroatoms. The largest absolute Gasteiger partial charge is 0.493 e. The van der Waals surface area contributed by atoms with Gasteiger partial charge >= 0.3 is 0 Å². The number of aryl methyl sites for hydroxylation is 1. The fraction of sp³-hybridized carbons (Fsp3) is 0.345. The molecule has 0 saturated carbocycles. The lowest BCUT2D eigenvalue weighted by Gasteiger charge is -2.16. The van der Waals surface area contributed by atoms with Crippen molar-refractivity contribution < 1.29 is 18.9 Å². The fourth-order valence-electron chi connectivity index (χ4n) is 4.38. The summed E-state index contributed by atoms with van der Waals surface area (Å²) in [5.74, 6) is 4.07. The summed E-state index contributed by atoms with van der Waals surface area (Å²) < 4.78 is 25.1. The van der Waals surface area contributed by atoms with Gasteiger partial charge in [-0.15, -0.1) is 0 Å². The summed E-state index contributed by atoms with van der Waals surface area (Å²) in [4.78, 5) is 4.95. The average molecular weight is 475 g/mol. The number of fused-ring (bicyclic) bond motifs is 1. The number of aromatic nitrogens is 2. The van der Waals surface area contributed by atoms with Gasteiger partial charge in [0.15, 0.2) is 11.5 Å². The number of nitrogens with zero attached hydrogens (tertiary/aromatic N) is 2. The molecule has 0 aliphatic heterocycles. The van der Waals surface area contributed by atoms with Crippen molar-refractivity contribution in [3.63, 3.8) is 0 Å². The summed E-state index contributed by atoms with van der Waals surface area (Å²) >= 11 is 0. The van der Waals surface area contributed by atoms with E-state index < -0.39 is 0 Å². The normalized spacial score (nSPS) is 11.1. The molecule has 0 aliphatic rings. The van der Waals surface area contributed by atoms with E-state index in [9.17, 15) is 0 Å². The molecule has 184 valence electrons. The van der Waals surface area contributed by atoms with Crippen LogP contribution in [0, 0.1) is 0 Å². The van der Waals surface area contributed by atoms with E-state index >= 15 is 0 Å². The number of para-hydroxylation sites is 3. The van der Waals surface area contributed by atoms with Gasteiger partial charge < -0.3 is 23.5 Å². The van der Waals surface area contributed by atoms with E-state index in [1.807, 2.05) is 36.4 Å². The molecule has 0 atom stereocenters. The predicted molar refractivity (Wildman–Crippen MR) is 140 cm³/mol. The van der Waals surface area contributed by atoms with Crippen LogP contribution in [-0.4, -0.2) is 37.5 Å². The first kappa shape index (κ1) is 24.5. The molecular weight excluding hydrogens is 440 g/mol. The first-order valence-corrected chi connectivity index (χ1v) is 12.0. The third kappa shape index (κ3) is 5.21. The number of unbranched alkanes of at least 4 members (excludes halogenated alkanes) is 1. The summed E-state index contributed by atoms with van der Waals surface area (Å²) in [7, 11) is 4.86. The van der Waals surface area contributed by atoms with Crippen LogP contribution in [0.15, 0.2) is 60.7 Å². The second-order valence-electron chi connectivity index (χ2n) is 8.74. The van der Waals surface area contributed by atoms with Gasteiger partial charge in [0, 0.05) is 12.1 Å². The second kappa shape index (κ2) is 11.2. The van der Waals surface area contributed by atoms with Crippen LogP contribution in [0.25, 0.3) is 22.4 Å². The monoisotopic (exact) mass is 474 g/mol. The minimum absolute atomic E-state index is 0.435. The third-order valence-corrected chi connectivity index (χ3v) is 6.15. The van der Waals surface area contributed by atoms with E-state index in [0.29, 0.717) is 29.8 Å². The lowest BCUT2D eigenvalue weighted by molar-refractivity contribution is 0.299. The number of hydrogen-bond acceptors (Lipinski definition) is 5. The molecule has 0 aliphatic carbocycles. The van der Waals surface area contributed by atoms with Crippen LogP contribution in [0.4, 0.5) is 0 Å². The molecule has 35 heavy (non-hydrogen) atoms. The van der Waals surface area contributed by atoms with E-state index in [1.165, 1.54) is 5.56 Å². The number of hydrogen-bond donors (Lipinski definition) is 0. The Kier molecular flexibility index (Phi) is 7.80. The summed E-state index contributed by atoms with van der Waals surface area (Å²) in [6.07, 6.45) is 1.90.